The second kappa shape index (κ2) is 7.42. The molecule has 0 unspecified atom stereocenters. The zero-order chi connectivity index (χ0) is 16.9. The third kappa shape index (κ3) is 4.10. The number of halogens is 2. The van der Waals surface area contributed by atoms with Gasteiger partial charge in [0.1, 0.15) is 5.82 Å². The van der Waals surface area contributed by atoms with Crippen LogP contribution in [-0.2, 0) is 6.42 Å². The molecule has 1 aromatic carbocycles. The van der Waals surface area contributed by atoms with Crippen LogP contribution >= 0.6 is 23.2 Å². The van der Waals surface area contributed by atoms with Gasteiger partial charge in [-0.1, -0.05) is 29.3 Å². The fourth-order valence-electron chi connectivity index (χ4n) is 2.14. The fourth-order valence-corrected chi connectivity index (χ4v) is 2.65. The highest BCUT2D eigenvalue weighted by Gasteiger charge is 2.06. The second-order valence-electron chi connectivity index (χ2n) is 4.97. The zero-order valence-corrected chi connectivity index (χ0v) is 14.0. The number of hydrogen-bond acceptors (Lipinski definition) is 5. The summed E-state index contributed by atoms with van der Waals surface area (Å²) >= 11 is 12.0. The van der Waals surface area contributed by atoms with Gasteiger partial charge in [0.15, 0.2) is 0 Å². The van der Waals surface area contributed by atoms with Crippen LogP contribution in [0.25, 0.3) is 11.4 Å². The van der Waals surface area contributed by atoms with Crippen molar-refractivity contribution in [1.29, 1.82) is 0 Å². The number of aromatic nitrogens is 4. The van der Waals surface area contributed by atoms with Crippen LogP contribution in [0.1, 0.15) is 5.56 Å². The van der Waals surface area contributed by atoms with Gasteiger partial charge in [-0.05, 0) is 36.2 Å². The van der Waals surface area contributed by atoms with E-state index < -0.39 is 5.69 Å². The molecule has 0 saturated heterocycles. The Morgan fingerprint density at radius 3 is 2.62 bits per heavy atom. The lowest BCUT2D eigenvalue weighted by atomic mass is 10.1. The van der Waals surface area contributed by atoms with E-state index in [9.17, 15) is 4.79 Å². The molecule has 0 aliphatic rings. The summed E-state index contributed by atoms with van der Waals surface area (Å²) in [7, 11) is 0. The normalized spacial score (nSPS) is 10.6. The Labute approximate surface area is 147 Å². The summed E-state index contributed by atoms with van der Waals surface area (Å²) < 4.78 is 0. The molecular weight excluding hydrogens is 349 g/mol. The van der Waals surface area contributed by atoms with Crippen molar-refractivity contribution in [3.63, 3.8) is 0 Å². The lowest BCUT2D eigenvalue weighted by molar-refractivity contribution is 0.942. The molecule has 2 heterocycles. The summed E-state index contributed by atoms with van der Waals surface area (Å²) in [5, 5.41) is 4.24. The van der Waals surface area contributed by atoms with E-state index in [-0.39, 0.29) is 5.95 Å². The third-order valence-electron chi connectivity index (χ3n) is 3.30. The number of rotatable bonds is 5. The maximum atomic E-state index is 11.7. The van der Waals surface area contributed by atoms with Crippen LogP contribution in [0, 0.1) is 0 Å². The van der Waals surface area contributed by atoms with E-state index in [0.717, 1.165) is 11.1 Å². The molecule has 122 valence electrons. The first kappa shape index (κ1) is 16.4. The smallest absolute Gasteiger partial charge is 0.349 e. The van der Waals surface area contributed by atoms with Crippen molar-refractivity contribution in [2.24, 2.45) is 0 Å². The third-order valence-corrected chi connectivity index (χ3v) is 3.88. The molecule has 0 atom stereocenters. The lowest BCUT2D eigenvalue weighted by Crippen LogP contribution is -2.18. The Bertz CT molecular complexity index is 898. The molecule has 0 bridgehead atoms. The minimum atomic E-state index is -0.469. The van der Waals surface area contributed by atoms with Crippen molar-refractivity contribution < 1.29 is 0 Å². The van der Waals surface area contributed by atoms with E-state index in [0.29, 0.717) is 28.8 Å². The first-order valence-corrected chi connectivity index (χ1v) is 7.94. The standard InChI is InChI=1S/C16H13Cl2N5O/c17-12-2-1-10(13(18)9-12)5-8-20-15-21-14(22-16(24)23-15)11-3-6-19-7-4-11/h1-4,6-7,9H,5,8H2,(H2,20,21,22,23,24). The zero-order valence-electron chi connectivity index (χ0n) is 12.5. The molecule has 0 fully saturated rings. The number of nitrogens with one attached hydrogen (secondary N) is 2. The highest BCUT2D eigenvalue weighted by Crippen LogP contribution is 2.21. The highest BCUT2D eigenvalue weighted by atomic mass is 35.5. The first-order valence-electron chi connectivity index (χ1n) is 7.18. The van der Waals surface area contributed by atoms with Crippen molar-refractivity contribution in [2.45, 2.75) is 6.42 Å². The average molecular weight is 362 g/mol. The van der Waals surface area contributed by atoms with Gasteiger partial charge in [-0.2, -0.15) is 9.97 Å². The monoisotopic (exact) mass is 361 g/mol. The average Bonchev–Trinajstić information content (AvgIpc) is 2.57. The van der Waals surface area contributed by atoms with Gasteiger partial charge in [-0.25, -0.2) is 4.79 Å². The SMILES string of the molecule is O=c1nc(NCCc2ccc(Cl)cc2Cl)nc(-c2ccncc2)[nH]1. The van der Waals surface area contributed by atoms with Crippen LogP contribution in [0.4, 0.5) is 5.95 Å². The summed E-state index contributed by atoms with van der Waals surface area (Å²) in [6, 6.07) is 8.87. The molecule has 0 aliphatic carbocycles. The van der Waals surface area contributed by atoms with Gasteiger partial charge < -0.3 is 5.32 Å². The van der Waals surface area contributed by atoms with E-state index in [1.807, 2.05) is 6.07 Å². The van der Waals surface area contributed by atoms with Gasteiger partial charge in [0.2, 0.25) is 5.95 Å². The van der Waals surface area contributed by atoms with Crippen LogP contribution in [0.5, 0.6) is 0 Å². The first-order chi connectivity index (χ1) is 11.6. The molecular formula is C16H13Cl2N5O. The van der Waals surface area contributed by atoms with Crippen LogP contribution in [-0.4, -0.2) is 26.5 Å². The lowest BCUT2D eigenvalue weighted by Gasteiger charge is -2.07. The number of anilines is 1. The van der Waals surface area contributed by atoms with Gasteiger partial charge in [0.25, 0.3) is 0 Å². The Morgan fingerprint density at radius 2 is 1.88 bits per heavy atom. The summed E-state index contributed by atoms with van der Waals surface area (Å²) in [4.78, 5) is 26.4. The fraction of sp³-hybridized carbons (Fsp3) is 0.125. The largest absolute Gasteiger partial charge is 0.354 e. The topological polar surface area (TPSA) is 83.6 Å². The van der Waals surface area contributed by atoms with E-state index in [4.69, 9.17) is 23.2 Å². The highest BCUT2D eigenvalue weighted by molar-refractivity contribution is 6.35. The maximum Gasteiger partial charge on any atom is 0.349 e. The van der Waals surface area contributed by atoms with Gasteiger partial charge in [-0.15, -0.1) is 0 Å². The molecule has 3 aromatic rings. The Kier molecular flexibility index (Phi) is 5.08. The van der Waals surface area contributed by atoms with Gasteiger partial charge in [0, 0.05) is 34.5 Å². The van der Waals surface area contributed by atoms with Crippen molar-refractivity contribution in [3.8, 4) is 11.4 Å². The maximum absolute atomic E-state index is 11.7. The molecule has 2 N–H and O–H groups in total. The van der Waals surface area contributed by atoms with Crippen LogP contribution in [0.2, 0.25) is 10.0 Å². The van der Waals surface area contributed by atoms with Crippen molar-refractivity contribution >= 4 is 29.2 Å². The predicted molar refractivity (Wildman–Crippen MR) is 94.5 cm³/mol. The van der Waals surface area contributed by atoms with E-state index in [1.165, 1.54) is 0 Å². The second-order valence-corrected chi connectivity index (χ2v) is 5.82. The molecule has 6 nitrogen and oxygen atoms in total. The minimum Gasteiger partial charge on any atom is -0.354 e. The van der Waals surface area contributed by atoms with Gasteiger partial charge in [0.05, 0.1) is 0 Å². The van der Waals surface area contributed by atoms with Crippen molar-refractivity contribution in [2.75, 3.05) is 11.9 Å². The summed E-state index contributed by atoms with van der Waals surface area (Å²) in [6.07, 6.45) is 3.91. The Balaban J connectivity index is 1.71. The number of hydrogen-bond donors (Lipinski definition) is 2. The molecule has 8 heteroatoms. The summed E-state index contributed by atoms with van der Waals surface area (Å²) in [5.41, 5.74) is 1.24. The number of nitrogens with zero attached hydrogens (tertiary/aromatic N) is 3. The van der Waals surface area contributed by atoms with Crippen LogP contribution in [0.15, 0.2) is 47.5 Å². The summed E-state index contributed by atoms with van der Waals surface area (Å²) in [6.45, 7) is 0.528. The van der Waals surface area contributed by atoms with E-state index in [1.54, 1.807) is 36.7 Å². The van der Waals surface area contributed by atoms with Crippen molar-refractivity contribution in [1.82, 2.24) is 19.9 Å². The van der Waals surface area contributed by atoms with E-state index in [2.05, 4.69) is 25.3 Å². The molecule has 0 radical (unpaired) electrons. The Morgan fingerprint density at radius 1 is 1.08 bits per heavy atom. The quantitative estimate of drug-likeness (QED) is 0.728. The van der Waals surface area contributed by atoms with E-state index >= 15 is 0 Å². The Hall–Kier alpha value is -2.44. The molecule has 0 aliphatic heterocycles. The molecule has 0 saturated carbocycles. The molecule has 24 heavy (non-hydrogen) atoms. The van der Waals surface area contributed by atoms with Gasteiger partial charge in [-0.3, -0.25) is 9.97 Å². The number of benzene rings is 1. The van der Waals surface area contributed by atoms with Gasteiger partial charge >= 0.3 is 5.69 Å². The van der Waals surface area contributed by atoms with Crippen LogP contribution in [0.3, 0.4) is 0 Å². The minimum absolute atomic E-state index is 0.260. The number of pyridine rings is 1. The van der Waals surface area contributed by atoms with Crippen molar-refractivity contribution in [3.05, 3.63) is 68.8 Å². The number of aromatic amines is 1. The molecule has 2 aromatic heterocycles. The number of H-pyrrole nitrogens is 1. The van der Waals surface area contributed by atoms with Crippen LogP contribution < -0.4 is 11.0 Å². The summed E-state index contributed by atoms with van der Waals surface area (Å²) in [5.74, 6) is 0.695. The predicted octanol–water partition coefficient (Wildman–Crippen LogP) is 3.19. The molecule has 0 amide bonds. The molecule has 3 rings (SSSR count). The molecule has 0 spiro atoms.